The number of methoxy groups -OCH3 is 1. The first-order valence-electron chi connectivity index (χ1n) is 6.49. The summed E-state index contributed by atoms with van der Waals surface area (Å²) in [4.78, 5) is 11.5. The minimum atomic E-state index is -0.486. The molecular weight excluding hydrogens is 292 g/mol. The Bertz CT molecular complexity index is 583. The monoisotopic (exact) mass is 308 g/mol. The third-order valence-electron chi connectivity index (χ3n) is 2.58. The Morgan fingerprint density at radius 1 is 1.24 bits per heavy atom. The topological polar surface area (TPSA) is 70.5 Å². The van der Waals surface area contributed by atoms with Crippen LogP contribution in [0.1, 0.15) is 22.3 Å². The molecule has 112 valence electrons. The average molecular weight is 308 g/mol. The zero-order chi connectivity index (χ0) is 15.1. The van der Waals surface area contributed by atoms with Gasteiger partial charge in [0, 0.05) is 7.11 Å². The molecule has 0 spiro atoms. The van der Waals surface area contributed by atoms with E-state index in [1.165, 1.54) is 0 Å². The predicted molar refractivity (Wildman–Crippen MR) is 78.0 cm³/mol. The number of hydrogen-bond acceptors (Lipinski definition) is 7. The summed E-state index contributed by atoms with van der Waals surface area (Å²) in [6.45, 7) is 2.72. The Kier molecular flexibility index (Phi) is 5.65. The summed E-state index contributed by atoms with van der Waals surface area (Å²) in [6.07, 6.45) is 0.850. The highest BCUT2D eigenvalue weighted by Crippen LogP contribution is 2.25. The van der Waals surface area contributed by atoms with Crippen LogP contribution >= 0.6 is 11.3 Å². The van der Waals surface area contributed by atoms with Crippen LogP contribution in [0.25, 0.3) is 0 Å². The quantitative estimate of drug-likeness (QED) is 0.732. The molecule has 6 nitrogen and oxygen atoms in total. The first-order chi connectivity index (χ1) is 10.2. The molecule has 1 aromatic carbocycles. The van der Waals surface area contributed by atoms with E-state index in [0.29, 0.717) is 24.2 Å². The molecule has 0 saturated heterocycles. The number of ether oxygens (including phenoxy) is 3. The van der Waals surface area contributed by atoms with E-state index in [2.05, 4.69) is 10.2 Å². The normalized spacial score (nSPS) is 10.4. The fourth-order valence-corrected chi connectivity index (χ4v) is 2.18. The van der Waals surface area contributed by atoms with Crippen molar-refractivity contribution in [3.63, 3.8) is 0 Å². The van der Waals surface area contributed by atoms with Gasteiger partial charge in [-0.25, -0.2) is 4.79 Å². The Morgan fingerprint density at radius 2 is 2.00 bits per heavy atom. The summed E-state index contributed by atoms with van der Waals surface area (Å²) < 4.78 is 15.4. The molecule has 0 radical (unpaired) electrons. The number of aromatic nitrogens is 2. The van der Waals surface area contributed by atoms with Gasteiger partial charge in [-0.15, -0.1) is 5.10 Å². The molecule has 0 bridgehead atoms. The van der Waals surface area contributed by atoms with Crippen LogP contribution in [0.2, 0.25) is 0 Å². The molecule has 0 amide bonds. The summed E-state index contributed by atoms with van der Waals surface area (Å²) in [5.74, 6) is 0.155. The number of esters is 1. The minimum Gasteiger partial charge on any atom is -0.461 e. The predicted octanol–water partition coefficient (Wildman–Crippen LogP) is 2.70. The lowest BCUT2D eigenvalue weighted by molar-refractivity contribution is 0.0525. The number of hydrogen-bond donors (Lipinski definition) is 0. The van der Waals surface area contributed by atoms with E-state index in [1.807, 2.05) is 24.3 Å². The second-order valence-electron chi connectivity index (χ2n) is 4.08. The lowest BCUT2D eigenvalue weighted by Gasteiger charge is -2.03. The number of rotatable bonds is 7. The molecule has 2 aromatic rings. The van der Waals surface area contributed by atoms with Crippen molar-refractivity contribution < 1.29 is 19.0 Å². The summed E-state index contributed by atoms with van der Waals surface area (Å²) in [6, 6.07) is 7.61. The third-order valence-corrected chi connectivity index (χ3v) is 3.36. The van der Waals surface area contributed by atoms with Gasteiger partial charge in [-0.05, 0) is 42.4 Å². The van der Waals surface area contributed by atoms with Crippen LogP contribution in [0.3, 0.4) is 0 Å². The Balaban J connectivity index is 1.96. The molecule has 1 heterocycles. The summed E-state index contributed by atoms with van der Waals surface area (Å²) in [5.41, 5.74) is 1.16. The van der Waals surface area contributed by atoms with Crippen molar-refractivity contribution in [2.24, 2.45) is 0 Å². The van der Waals surface area contributed by atoms with E-state index >= 15 is 0 Å². The maximum atomic E-state index is 11.5. The van der Waals surface area contributed by atoms with Crippen LogP contribution in [0, 0.1) is 0 Å². The molecule has 0 aliphatic heterocycles. The third kappa shape index (κ3) is 4.51. The van der Waals surface area contributed by atoms with Gasteiger partial charge in [0.25, 0.3) is 5.19 Å². The van der Waals surface area contributed by atoms with E-state index in [4.69, 9.17) is 14.2 Å². The lowest BCUT2D eigenvalue weighted by atomic mass is 10.1. The Morgan fingerprint density at radius 3 is 2.67 bits per heavy atom. The second kappa shape index (κ2) is 7.70. The number of carbonyl (C=O) groups is 1. The first-order valence-corrected chi connectivity index (χ1v) is 7.31. The fraction of sp³-hybridized carbons (Fsp3) is 0.357. The van der Waals surface area contributed by atoms with Gasteiger partial charge >= 0.3 is 5.97 Å². The van der Waals surface area contributed by atoms with Crippen molar-refractivity contribution in [2.45, 2.75) is 13.3 Å². The molecule has 0 N–H and O–H groups in total. The molecule has 0 atom stereocenters. The van der Waals surface area contributed by atoms with Crippen molar-refractivity contribution in [1.29, 1.82) is 0 Å². The van der Waals surface area contributed by atoms with Gasteiger partial charge in [0.05, 0.1) is 13.2 Å². The molecule has 0 aliphatic rings. The van der Waals surface area contributed by atoms with Gasteiger partial charge in [0.2, 0.25) is 5.01 Å². The highest BCUT2D eigenvalue weighted by Gasteiger charge is 2.14. The van der Waals surface area contributed by atoms with Gasteiger partial charge in [0.15, 0.2) is 0 Å². The van der Waals surface area contributed by atoms with Crippen LogP contribution in [0.15, 0.2) is 24.3 Å². The molecule has 0 saturated carbocycles. The maximum absolute atomic E-state index is 11.5. The molecule has 1 aromatic heterocycles. The molecule has 0 aliphatic carbocycles. The highest BCUT2D eigenvalue weighted by atomic mass is 32.1. The van der Waals surface area contributed by atoms with Crippen LogP contribution in [0.4, 0.5) is 0 Å². The Labute approximate surface area is 126 Å². The first kappa shape index (κ1) is 15.4. The molecule has 0 fully saturated rings. The Hall–Kier alpha value is -1.99. The zero-order valence-electron chi connectivity index (χ0n) is 11.9. The van der Waals surface area contributed by atoms with Gasteiger partial charge in [-0.2, -0.15) is 0 Å². The summed E-state index contributed by atoms with van der Waals surface area (Å²) in [5, 5.41) is 8.05. The number of carbonyl (C=O) groups excluding carboxylic acids is 1. The van der Waals surface area contributed by atoms with Crippen LogP contribution in [0.5, 0.6) is 10.9 Å². The van der Waals surface area contributed by atoms with Crippen LogP contribution in [-0.4, -0.2) is 36.5 Å². The molecule has 0 unspecified atom stereocenters. The molecular formula is C14H16N2O4S. The van der Waals surface area contributed by atoms with E-state index in [9.17, 15) is 4.79 Å². The molecule has 2 rings (SSSR count). The summed E-state index contributed by atoms with van der Waals surface area (Å²) in [7, 11) is 1.67. The van der Waals surface area contributed by atoms with Gasteiger partial charge in [-0.3, -0.25) is 0 Å². The van der Waals surface area contributed by atoms with Crippen molar-refractivity contribution in [3.8, 4) is 10.9 Å². The smallest absolute Gasteiger partial charge is 0.369 e. The fourth-order valence-electron chi connectivity index (χ4n) is 1.57. The van der Waals surface area contributed by atoms with E-state index in [0.717, 1.165) is 23.3 Å². The van der Waals surface area contributed by atoms with Crippen molar-refractivity contribution in [2.75, 3.05) is 20.3 Å². The van der Waals surface area contributed by atoms with E-state index in [-0.39, 0.29) is 5.01 Å². The average Bonchev–Trinajstić information content (AvgIpc) is 2.95. The van der Waals surface area contributed by atoms with Crippen molar-refractivity contribution in [3.05, 3.63) is 34.8 Å². The van der Waals surface area contributed by atoms with Crippen molar-refractivity contribution in [1.82, 2.24) is 10.2 Å². The largest absolute Gasteiger partial charge is 0.461 e. The van der Waals surface area contributed by atoms with Crippen LogP contribution in [-0.2, 0) is 15.9 Å². The highest BCUT2D eigenvalue weighted by molar-refractivity contribution is 7.14. The lowest BCUT2D eigenvalue weighted by Crippen LogP contribution is -2.03. The second-order valence-corrected chi connectivity index (χ2v) is 5.02. The van der Waals surface area contributed by atoms with Gasteiger partial charge in [0.1, 0.15) is 5.75 Å². The van der Waals surface area contributed by atoms with Crippen molar-refractivity contribution >= 4 is 17.3 Å². The maximum Gasteiger partial charge on any atom is 0.369 e. The van der Waals surface area contributed by atoms with E-state index < -0.39 is 5.97 Å². The van der Waals surface area contributed by atoms with Gasteiger partial charge < -0.3 is 14.2 Å². The zero-order valence-corrected chi connectivity index (χ0v) is 12.7. The minimum absolute atomic E-state index is 0.184. The van der Waals surface area contributed by atoms with Crippen LogP contribution < -0.4 is 4.74 Å². The van der Waals surface area contributed by atoms with Gasteiger partial charge in [-0.1, -0.05) is 17.2 Å². The summed E-state index contributed by atoms with van der Waals surface area (Å²) >= 11 is 1.05. The number of benzene rings is 1. The molecule has 21 heavy (non-hydrogen) atoms. The SMILES string of the molecule is CCOC(=O)c1nnc(Oc2ccc(CCOC)cc2)s1. The standard InChI is InChI=1S/C14H16N2O4S/c1-3-19-13(17)12-15-16-14(21-12)20-11-6-4-10(5-7-11)8-9-18-2/h4-7H,3,8-9H2,1-2H3. The number of nitrogens with zero attached hydrogens (tertiary/aromatic N) is 2. The molecule has 7 heteroatoms. The van der Waals surface area contributed by atoms with E-state index in [1.54, 1.807) is 14.0 Å².